The summed E-state index contributed by atoms with van der Waals surface area (Å²) in [5.74, 6) is 0.667. The molecule has 1 aromatic rings. The first-order valence-corrected chi connectivity index (χ1v) is 4.59. The molecule has 0 aromatic heterocycles. The third kappa shape index (κ3) is 2.90. The lowest BCUT2D eigenvalue weighted by molar-refractivity contribution is 0.372. The third-order valence-electron chi connectivity index (χ3n) is 1.84. The van der Waals surface area contributed by atoms with Gasteiger partial charge in [-0.05, 0) is 17.7 Å². The van der Waals surface area contributed by atoms with E-state index in [1.54, 1.807) is 12.1 Å². The Kier molecular flexibility index (Phi) is 4.22. The molecule has 3 N–H and O–H groups in total. The summed E-state index contributed by atoms with van der Waals surface area (Å²) in [4.78, 5) is 0. The van der Waals surface area contributed by atoms with Crippen molar-refractivity contribution < 1.29 is 9.84 Å². The van der Waals surface area contributed by atoms with E-state index in [9.17, 15) is 5.11 Å². The minimum atomic E-state index is 0.166. The van der Waals surface area contributed by atoms with E-state index in [0.29, 0.717) is 12.3 Å². The first-order valence-electron chi connectivity index (χ1n) is 4.59. The van der Waals surface area contributed by atoms with Gasteiger partial charge < -0.3 is 9.84 Å². The molecular formula is C10H16N2O2. The lowest BCUT2D eigenvalue weighted by Gasteiger charge is -2.07. The minimum absolute atomic E-state index is 0.166. The molecule has 0 spiro atoms. The molecule has 0 fully saturated rings. The van der Waals surface area contributed by atoms with E-state index in [4.69, 9.17) is 4.74 Å². The molecule has 4 heteroatoms. The molecule has 0 unspecified atom stereocenters. The van der Waals surface area contributed by atoms with Crippen molar-refractivity contribution in [1.82, 2.24) is 10.9 Å². The second-order valence-corrected chi connectivity index (χ2v) is 2.89. The van der Waals surface area contributed by atoms with E-state index in [2.05, 4.69) is 10.9 Å². The zero-order valence-electron chi connectivity index (χ0n) is 8.50. The molecule has 0 radical (unpaired) electrons. The van der Waals surface area contributed by atoms with Gasteiger partial charge in [-0.1, -0.05) is 13.0 Å². The van der Waals surface area contributed by atoms with E-state index in [1.165, 1.54) is 7.11 Å². The second-order valence-electron chi connectivity index (χ2n) is 2.89. The van der Waals surface area contributed by atoms with Crippen molar-refractivity contribution in [3.8, 4) is 11.5 Å². The fourth-order valence-electron chi connectivity index (χ4n) is 1.12. The average molecular weight is 196 g/mol. The smallest absolute Gasteiger partial charge is 0.160 e. The SMILES string of the molecule is CCNNCc1ccc(O)c(OC)c1. The number of aromatic hydroxyl groups is 1. The summed E-state index contributed by atoms with van der Waals surface area (Å²) in [6.07, 6.45) is 0. The van der Waals surface area contributed by atoms with Gasteiger partial charge in [-0.25, -0.2) is 0 Å². The van der Waals surface area contributed by atoms with Gasteiger partial charge in [-0.2, -0.15) is 0 Å². The lowest BCUT2D eigenvalue weighted by Crippen LogP contribution is -2.30. The van der Waals surface area contributed by atoms with Crippen molar-refractivity contribution in [1.29, 1.82) is 0 Å². The molecule has 4 nitrogen and oxygen atoms in total. The van der Waals surface area contributed by atoms with E-state index >= 15 is 0 Å². The van der Waals surface area contributed by atoms with Crippen LogP contribution in [-0.2, 0) is 6.54 Å². The average Bonchev–Trinajstić information content (AvgIpc) is 2.21. The van der Waals surface area contributed by atoms with Crippen molar-refractivity contribution in [2.75, 3.05) is 13.7 Å². The van der Waals surface area contributed by atoms with Gasteiger partial charge in [0.2, 0.25) is 0 Å². The maximum atomic E-state index is 9.35. The van der Waals surface area contributed by atoms with Crippen molar-refractivity contribution >= 4 is 0 Å². The van der Waals surface area contributed by atoms with Gasteiger partial charge in [0.1, 0.15) is 0 Å². The first kappa shape index (κ1) is 10.8. The number of hydrogen-bond acceptors (Lipinski definition) is 4. The molecule has 1 rings (SSSR count). The Morgan fingerprint density at radius 3 is 2.79 bits per heavy atom. The number of hydrogen-bond donors (Lipinski definition) is 3. The summed E-state index contributed by atoms with van der Waals surface area (Å²) in [5, 5.41) is 9.35. The van der Waals surface area contributed by atoms with Crippen molar-refractivity contribution in [3.05, 3.63) is 23.8 Å². The summed E-state index contributed by atoms with van der Waals surface area (Å²) in [6, 6.07) is 5.28. The standard InChI is InChI=1S/C10H16N2O2/c1-3-11-12-7-8-4-5-9(13)10(6-8)14-2/h4-6,11-13H,3,7H2,1-2H3. The van der Waals surface area contributed by atoms with Crippen LogP contribution >= 0.6 is 0 Å². The first-order chi connectivity index (χ1) is 6.77. The number of nitrogens with one attached hydrogen (secondary N) is 2. The highest BCUT2D eigenvalue weighted by atomic mass is 16.5. The molecule has 0 bridgehead atoms. The van der Waals surface area contributed by atoms with Gasteiger partial charge in [-0.15, -0.1) is 0 Å². The van der Waals surface area contributed by atoms with Gasteiger partial charge in [0, 0.05) is 13.1 Å². The van der Waals surface area contributed by atoms with Crippen molar-refractivity contribution in [3.63, 3.8) is 0 Å². The largest absolute Gasteiger partial charge is 0.504 e. The Hall–Kier alpha value is -1.26. The molecule has 0 saturated carbocycles. The zero-order chi connectivity index (χ0) is 10.4. The molecule has 0 aliphatic carbocycles. The fourth-order valence-corrected chi connectivity index (χ4v) is 1.12. The summed E-state index contributed by atoms with van der Waals surface area (Å²) in [5.41, 5.74) is 7.09. The number of phenols is 1. The van der Waals surface area contributed by atoms with Gasteiger partial charge in [-0.3, -0.25) is 10.9 Å². The third-order valence-corrected chi connectivity index (χ3v) is 1.84. The number of ether oxygens (including phenoxy) is 1. The van der Waals surface area contributed by atoms with E-state index in [-0.39, 0.29) is 5.75 Å². The normalized spacial score (nSPS) is 10.1. The topological polar surface area (TPSA) is 53.5 Å². The lowest BCUT2D eigenvalue weighted by atomic mass is 10.2. The maximum absolute atomic E-state index is 9.35. The molecule has 0 amide bonds. The number of hydrazine groups is 1. The van der Waals surface area contributed by atoms with E-state index in [1.807, 2.05) is 13.0 Å². The zero-order valence-corrected chi connectivity index (χ0v) is 8.50. The second kappa shape index (κ2) is 5.47. The Morgan fingerprint density at radius 1 is 1.36 bits per heavy atom. The predicted molar refractivity (Wildman–Crippen MR) is 55.2 cm³/mol. The van der Waals surface area contributed by atoms with Gasteiger partial charge >= 0.3 is 0 Å². The molecule has 0 heterocycles. The summed E-state index contributed by atoms with van der Waals surface area (Å²) in [6.45, 7) is 3.59. The highest BCUT2D eigenvalue weighted by Gasteiger charge is 2.01. The van der Waals surface area contributed by atoms with Crippen LogP contribution in [0.3, 0.4) is 0 Å². The Labute approximate surface area is 83.9 Å². The number of benzene rings is 1. The van der Waals surface area contributed by atoms with E-state index in [0.717, 1.165) is 12.1 Å². The monoisotopic (exact) mass is 196 g/mol. The van der Waals surface area contributed by atoms with Crippen LogP contribution in [0, 0.1) is 0 Å². The summed E-state index contributed by atoms with van der Waals surface area (Å²) < 4.78 is 4.99. The fraction of sp³-hybridized carbons (Fsp3) is 0.400. The van der Waals surface area contributed by atoms with Gasteiger partial charge in [0.05, 0.1) is 7.11 Å². The van der Waals surface area contributed by atoms with Crippen LogP contribution in [0.25, 0.3) is 0 Å². The Morgan fingerprint density at radius 2 is 2.14 bits per heavy atom. The van der Waals surface area contributed by atoms with Crippen LogP contribution in [0.1, 0.15) is 12.5 Å². The van der Waals surface area contributed by atoms with Gasteiger partial charge in [0.25, 0.3) is 0 Å². The van der Waals surface area contributed by atoms with Crippen LogP contribution in [0.2, 0.25) is 0 Å². The Bertz CT molecular complexity index is 289. The quantitative estimate of drug-likeness (QED) is 0.486. The highest BCUT2D eigenvalue weighted by Crippen LogP contribution is 2.25. The molecular weight excluding hydrogens is 180 g/mol. The molecule has 14 heavy (non-hydrogen) atoms. The summed E-state index contributed by atoms with van der Waals surface area (Å²) in [7, 11) is 1.54. The number of phenolic OH excluding ortho intramolecular Hbond substituents is 1. The van der Waals surface area contributed by atoms with Crippen LogP contribution in [0.15, 0.2) is 18.2 Å². The summed E-state index contributed by atoms with van der Waals surface area (Å²) >= 11 is 0. The van der Waals surface area contributed by atoms with Crippen molar-refractivity contribution in [2.24, 2.45) is 0 Å². The van der Waals surface area contributed by atoms with Crippen LogP contribution in [0.5, 0.6) is 11.5 Å². The number of methoxy groups -OCH3 is 1. The van der Waals surface area contributed by atoms with Gasteiger partial charge in [0.15, 0.2) is 11.5 Å². The molecule has 78 valence electrons. The Balaban J connectivity index is 2.60. The molecule has 0 atom stereocenters. The van der Waals surface area contributed by atoms with Crippen molar-refractivity contribution in [2.45, 2.75) is 13.5 Å². The van der Waals surface area contributed by atoms with Crippen LogP contribution in [0.4, 0.5) is 0 Å². The number of rotatable bonds is 5. The molecule has 1 aromatic carbocycles. The van der Waals surface area contributed by atoms with Crippen LogP contribution in [-0.4, -0.2) is 18.8 Å². The minimum Gasteiger partial charge on any atom is -0.504 e. The van der Waals surface area contributed by atoms with Crippen LogP contribution < -0.4 is 15.6 Å². The maximum Gasteiger partial charge on any atom is 0.160 e. The highest BCUT2D eigenvalue weighted by molar-refractivity contribution is 5.41. The molecule has 0 saturated heterocycles. The molecule has 0 aliphatic rings. The van der Waals surface area contributed by atoms with E-state index < -0.39 is 0 Å². The molecule has 0 aliphatic heterocycles. The predicted octanol–water partition coefficient (Wildman–Crippen LogP) is 1.01.